The van der Waals surface area contributed by atoms with Crippen LogP contribution in [-0.4, -0.2) is 40.2 Å². The molecule has 1 aliphatic heterocycles. The minimum absolute atomic E-state index is 0.0876. The normalized spacial score (nSPS) is 18.6. The fraction of sp³-hybridized carbons (Fsp3) is 0.455. The van der Waals surface area contributed by atoms with Crippen molar-refractivity contribution in [1.82, 2.24) is 10.3 Å². The Labute approximate surface area is 123 Å². The van der Waals surface area contributed by atoms with Gasteiger partial charge >= 0.3 is 11.8 Å². The number of carbonyl (C=O) groups is 1. The van der Waals surface area contributed by atoms with Gasteiger partial charge in [0.25, 0.3) is 0 Å². The minimum Gasteiger partial charge on any atom is -0.465 e. The lowest BCUT2D eigenvalue weighted by Crippen LogP contribution is -2.47. The lowest BCUT2D eigenvalue weighted by Gasteiger charge is -2.34. The van der Waals surface area contributed by atoms with Crippen molar-refractivity contribution in [3.8, 4) is 0 Å². The average Bonchev–Trinajstić information content (AvgIpc) is 2.37. The fourth-order valence-corrected chi connectivity index (χ4v) is 2.91. The van der Waals surface area contributed by atoms with Crippen LogP contribution in [0.5, 0.6) is 0 Å². The molecule has 0 aromatic carbocycles. The second kappa shape index (κ2) is 6.04. The Bertz CT molecular complexity index is 539. The van der Waals surface area contributed by atoms with E-state index in [4.69, 9.17) is 5.11 Å². The Morgan fingerprint density at radius 3 is 3.00 bits per heavy atom. The van der Waals surface area contributed by atoms with E-state index >= 15 is 0 Å². The largest absolute Gasteiger partial charge is 0.465 e. The molecule has 0 aliphatic carbocycles. The summed E-state index contributed by atoms with van der Waals surface area (Å²) in [6.07, 6.45) is 3.10. The summed E-state index contributed by atoms with van der Waals surface area (Å²) in [5.41, 5.74) is 0.359. The summed E-state index contributed by atoms with van der Waals surface area (Å²) >= 11 is 3.28. The maximum Gasteiger partial charge on any atom is 0.404 e. The third-order valence-electron chi connectivity index (χ3n) is 3.12. The van der Waals surface area contributed by atoms with Gasteiger partial charge in [-0.25, -0.2) is 4.79 Å². The zero-order chi connectivity index (χ0) is 14.7. The SMILES string of the molecule is O=C(O)N[C@H]1CCCN(c2c(Br)cncc2[N+](=O)[O-])C1. The first kappa shape index (κ1) is 14.5. The molecule has 2 N–H and O–H groups in total. The molecular formula is C11H13BrN4O4. The number of hydrogen-bond donors (Lipinski definition) is 2. The van der Waals surface area contributed by atoms with Crippen molar-refractivity contribution in [1.29, 1.82) is 0 Å². The van der Waals surface area contributed by atoms with Gasteiger partial charge in [-0.3, -0.25) is 15.1 Å². The van der Waals surface area contributed by atoms with Crippen LogP contribution in [0.25, 0.3) is 0 Å². The van der Waals surface area contributed by atoms with Crippen molar-refractivity contribution in [2.75, 3.05) is 18.0 Å². The van der Waals surface area contributed by atoms with E-state index in [-0.39, 0.29) is 11.7 Å². The zero-order valence-electron chi connectivity index (χ0n) is 10.5. The second-order valence-corrected chi connectivity index (χ2v) is 5.34. The summed E-state index contributed by atoms with van der Waals surface area (Å²) in [5.74, 6) is 0. The maximum absolute atomic E-state index is 11.1. The second-order valence-electron chi connectivity index (χ2n) is 4.48. The number of hydrogen-bond acceptors (Lipinski definition) is 5. The highest BCUT2D eigenvalue weighted by Crippen LogP contribution is 2.36. The van der Waals surface area contributed by atoms with Crippen LogP contribution in [0.4, 0.5) is 16.2 Å². The van der Waals surface area contributed by atoms with Gasteiger partial charge in [0, 0.05) is 25.3 Å². The number of aromatic nitrogens is 1. The number of rotatable bonds is 3. The number of carboxylic acid groups (broad SMARTS) is 1. The van der Waals surface area contributed by atoms with Crippen LogP contribution in [0.1, 0.15) is 12.8 Å². The predicted molar refractivity (Wildman–Crippen MR) is 75.0 cm³/mol. The van der Waals surface area contributed by atoms with Crippen molar-refractivity contribution >= 4 is 33.4 Å². The van der Waals surface area contributed by atoms with Crippen LogP contribution in [0.2, 0.25) is 0 Å². The van der Waals surface area contributed by atoms with Gasteiger partial charge in [0.15, 0.2) is 0 Å². The predicted octanol–water partition coefficient (Wildman–Crippen LogP) is 1.99. The van der Waals surface area contributed by atoms with Crippen LogP contribution >= 0.6 is 15.9 Å². The third kappa shape index (κ3) is 3.16. The first-order valence-corrected chi connectivity index (χ1v) is 6.80. The zero-order valence-corrected chi connectivity index (χ0v) is 12.0. The Kier molecular flexibility index (Phi) is 4.38. The highest BCUT2D eigenvalue weighted by molar-refractivity contribution is 9.10. The van der Waals surface area contributed by atoms with Crippen molar-refractivity contribution in [2.45, 2.75) is 18.9 Å². The Morgan fingerprint density at radius 1 is 1.60 bits per heavy atom. The van der Waals surface area contributed by atoms with Gasteiger partial charge in [-0.15, -0.1) is 0 Å². The van der Waals surface area contributed by atoms with E-state index < -0.39 is 11.0 Å². The summed E-state index contributed by atoms with van der Waals surface area (Å²) < 4.78 is 0.530. The fourth-order valence-electron chi connectivity index (χ4n) is 2.34. The van der Waals surface area contributed by atoms with Crippen molar-refractivity contribution in [3.05, 3.63) is 27.0 Å². The van der Waals surface area contributed by atoms with Crippen LogP contribution in [-0.2, 0) is 0 Å². The first-order valence-electron chi connectivity index (χ1n) is 6.01. The summed E-state index contributed by atoms with van der Waals surface area (Å²) in [5, 5.41) is 22.3. The topological polar surface area (TPSA) is 109 Å². The molecule has 20 heavy (non-hydrogen) atoms. The number of nitro groups is 1. The highest BCUT2D eigenvalue weighted by Gasteiger charge is 2.28. The molecule has 2 rings (SSSR count). The van der Waals surface area contributed by atoms with Crippen LogP contribution < -0.4 is 10.2 Å². The lowest BCUT2D eigenvalue weighted by atomic mass is 10.1. The molecule has 0 spiro atoms. The number of nitrogens with one attached hydrogen (secondary N) is 1. The summed E-state index contributed by atoms with van der Waals surface area (Å²) in [6.45, 7) is 1.04. The van der Waals surface area contributed by atoms with Crippen LogP contribution in [0.15, 0.2) is 16.9 Å². The minimum atomic E-state index is -1.08. The Hall–Kier alpha value is -1.90. The lowest BCUT2D eigenvalue weighted by molar-refractivity contribution is -0.384. The summed E-state index contributed by atoms with van der Waals surface area (Å²) in [4.78, 5) is 26.9. The van der Waals surface area contributed by atoms with E-state index in [0.29, 0.717) is 23.2 Å². The molecule has 2 heterocycles. The van der Waals surface area contributed by atoms with Gasteiger partial charge in [-0.05, 0) is 28.8 Å². The molecule has 1 amide bonds. The molecular weight excluding hydrogens is 332 g/mol. The van der Waals surface area contributed by atoms with E-state index in [1.54, 1.807) is 0 Å². The van der Waals surface area contributed by atoms with Gasteiger partial charge < -0.3 is 15.3 Å². The Balaban J connectivity index is 2.27. The van der Waals surface area contributed by atoms with Gasteiger partial charge in [-0.1, -0.05) is 0 Å². The molecule has 1 aromatic rings. The van der Waals surface area contributed by atoms with Gasteiger partial charge in [-0.2, -0.15) is 0 Å². The van der Waals surface area contributed by atoms with Crippen molar-refractivity contribution in [2.24, 2.45) is 0 Å². The average molecular weight is 345 g/mol. The molecule has 9 heteroatoms. The van der Waals surface area contributed by atoms with Crippen LogP contribution in [0, 0.1) is 10.1 Å². The number of amides is 1. The molecule has 1 aliphatic rings. The van der Waals surface area contributed by atoms with E-state index in [9.17, 15) is 14.9 Å². The summed E-state index contributed by atoms with van der Waals surface area (Å²) in [6, 6.07) is -0.235. The highest BCUT2D eigenvalue weighted by atomic mass is 79.9. The summed E-state index contributed by atoms with van der Waals surface area (Å²) in [7, 11) is 0. The van der Waals surface area contributed by atoms with E-state index in [1.165, 1.54) is 12.4 Å². The molecule has 8 nitrogen and oxygen atoms in total. The number of anilines is 1. The maximum atomic E-state index is 11.1. The quantitative estimate of drug-likeness (QED) is 0.641. The number of halogens is 1. The molecule has 0 radical (unpaired) electrons. The number of piperidine rings is 1. The molecule has 0 unspecified atom stereocenters. The van der Waals surface area contributed by atoms with E-state index in [1.807, 2.05) is 4.90 Å². The van der Waals surface area contributed by atoms with Crippen molar-refractivity contribution < 1.29 is 14.8 Å². The molecule has 0 saturated carbocycles. The smallest absolute Gasteiger partial charge is 0.404 e. The standard InChI is InChI=1S/C11H13BrN4O4/c12-8-4-13-5-9(16(19)20)10(8)15-3-1-2-7(6-15)14-11(17)18/h4-5,7,14H,1-3,6H2,(H,17,18)/t7-/m0/s1. The first-order chi connectivity index (χ1) is 9.49. The van der Waals surface area contributed by atoms with Gasteiger partial charge in [0.05, 0.1) is 9.40 Å². The number of pyridine rings is 1. The molecule has 1 atom stereocenters. The van der Waals surface area contributed by atoms with Gasteiger partial charge in [0.2, 0.25) is 0 Å². The van der Waals surface area contributed by atoms with Crippen molar-refractivity contribution in [3.63, 3.8) is 0 Å². The molecule has 1 saturated heterocycles. The molecule has 108 valence electrons. The van der Waals surface area contributed by atoms with Gasteiger partial charge in [0.1, 0.15) is 11.9 Å². The molecule has 0 bridgehead atoms. The molecule has 1 fully saturated rings. The molecule has 1 aromatic heterocycles. The van der Waals surface area contributed by atoms with E-state index in [0.717, 1.165) is 12.8 Å². The van der Waals surface area contributed by atoms with E-state index in [2.05, 4.69) is 26.2 Å². The van der Waals surface area contributed by atoms with Crippen LogP contribution in [0.3, 0.4) is 0 Å². The Morgan fingerprint density at radius 2 is 2.35 bits per heavy atom. The monoisotopic (exact) mass is 344 g/mol. The number of nitrogens with zero attached hydrogens (tertiary/aromatic N) is 3. The third-order valence-corrected chi connectivity index (χ3v) is 3.70.